The van der Waals surface area contributed by atoms with Crippen LogP contribution in [0.3, 0.4) is 0 Å². The van der Waals surface area contributed by atoms with Crippen molar-refractivity contribution in [1.29, 1.82) is 0 Å². The molecule has 1 N–H and O–H groups in total. The topological polar surface area (TPSA) is 37.3 Å². The van der Waals surface area contributed by atoms with Gasteiger partial charge in [-0.3, -0.25) is 0 Å². The van der Waals surface area contributed by atoms with Gasteiger partial charge in [0.2, 0.25) is 0 Å². The zero-order valence-electron chi connectivity index (χ0n) is 8.37. The summed E-state index contributed by atoms with van der Waals surface area (Å²) in [6, 6.07) is 5.95. The average Bonchev–Trinajstić information content (AvgIpc) is 2.99. The van der Waals surface area contributed by atoms with Gasteiger partial charge in [-0.25, -0.2) is 4.79 Å². The van der Waals surface area contributed by atoms with Gasteiger partial charge in [0.15, 0.2) is 0 Å². The molecule has 1 heterocycles. The quantitative estimate of drug-likeness (QED) is 0.900. The average molecular weight is 297 g/mol. The van der Waals surface area contributed by atoms with Gasteiger partial charge < -0.3 is 5.11 Å². The number of benzene rings is 1. The summed E-state index contributed by atoms with van der Waals surface area (Å²) in [5.74, 6) is -0.329. The Morgan fingerprint density at radius 2 is 2.19 bits per heavy atom. The zero-order chi connectivity index (χ0) is 11.3. The second kappa shape index (κ2) is 3.57. The summed E-state index contributed by atoms with van der Waals surface area (Å²) in [5, 5.41) is 10.3. The Hall–Kier alpha value is -0.870. The molecule has 0 atom stereocenters. The molecule has 2 aromatic rings. The van der Waals surface area contributed by atoms with Crippen LogP contribution >= 0.6 is 27.3 Å². The van der Waals surface area contributed by atoms with Gasteiger partial charge in [-0.1, -0.05) is 12.1 Å². The molecule has 0 amide bonds. The van der Waals surface area contributed by atoms with Crippen molar-refractivity contribution in [2.75, 3.05) is 0 Å². The van der Waals surface area contributed by atoms with E-state index in [1.54, 1.807) is 0 Å². The van der Waals surface area contributed by atoms with Crippen LogP contribution in [0.5, 0.6) is 0 Å². The lowest BCUT2D eigenvalue weighted by Crippen LogP contribution is -1.96. The van der Waals surface area contributed by atoms with Crippen molar-refractivity contribution in [2.24, 2.45) is 0 Å². The van der Waals surface area contributed by atoms with Crippen LogP contribution in [-0.2, 0) is 0 Å². The minimum atomic E-state index is -0.796. The lowest BCUT2D eigenvalue weighted by Gasteiger charge is -1.98. The maximum atomic E-state index is 11.2. The molecule has 0 bridgehead atoms. The van der Waals surface area contributed by atoms with Gasteiger partial charge in [-0.2, -0.15) is 0 Å². The van der Waals surface area contributed by atoms with Gasteiger partial charge in [-0.15, -0.1) is 11.3 Å². The number of thiophene rings is 1. The van der Waals surface area contributed by atoms with Crippen LogP contribution in [0.1, 0.15) is 34.0 Å². The maximum absolute atomic E-state index is 11.2. The number of fused-ring (bicyclic) bond motifs is 1. The Kier molecular flexibility index (Phi) is 2.30. The summed E-state index contributed by atoms with van der Waals surface area (Å²) in [6.45, 7) is 0. The van der Waals surface area contributed by atoms with E-state index in [1.165, 1.54) is 11.3 Å². The summed E-state index contributed by atoms with van der Waals surface area (Å²) in [5.41, 5.74) is 1.05. The smallest absolute Gasteiger partial charge is 0.346 e. The highest BCUT2D eigenvalue weighted by atomic mass is 79.9. The highest BCUT2D eigenvalue weighted by molar-refractivity contribution is 9.10. The van der Waals surface area contributed by atoms with E-state index in [1.807, 2.05) is 18.2 Å². The second-order valence-corrected chi connectivity index (χ2v) is 5.92. The van der Waals surface area contributed by atoms with Crippen molar-refractivity contribution < 1.29 is 9.90 Å². The van der Waals surface area contributed by atoms with Crippen LogP contribution < -0.4 is 0 Å². The number of rotatable bonds is 2. The van der Waals surface area contributed by atoms with Gasteiger partial charge in [0.05, 0.1) is 0 Å². The number of hydrogen-bond donors (Lipinski definition) is 1. The largest absolute Gasteiger partial charge is 0.477 e. The Morgan fingerprint density at radius 3 is 2.81 bits per heavy atom. The van der Waals surface area contributed by atoms with E-state index >= 15 is 0 Å². The summed E-state index contributed by atoms with van der Waals surface area (Å²) < 4.78 is 2.05. The minimum absolute atomic E-state index is 0.467. The molecule has 2 nitrogen and oxygen atoms in total. The SMILES string of the molecule is O=C(O)c1sc2c(Br)cccc2c1C1CC1. The van der Waals surface area contributed by atoms with E-state index in [0.29, 0.717) is 10.8 Å². The number of hydrogen-bond acceptors (Lipinski definition) is 2. The molecule has 0 radical (unpaired) electrons. The standard InChI is InChI=1S/C12H9BrO2S/c13-8-3-1-2-7-9(6-4-5-6)11(12(14)15)16-10(7)8/h1-3,6H,4-5H2,(H,14,15). The summed E-state index contributed by atoms with van der Waals surface area (Å²) >= 11 is 4.86. The molecule has 1 aliphatic rings. The summed E-state index contributed by atoms with van der Waals surface area (Å²) in [6.07, 6.45) is 2.25. The Bertz CT molecular complexity index is 584. The van der Waals surface area contributed by atoms with Crippen LogP contribution in [0.4, 0.5) is 0 Å². The predicted molar refractivity (Wildman–Crippen MR) is 68.5 cm³/mol. The fourth-order valence-electron chi connectivity index (χ4n) is 2.04. The monoisotopic (exact) mass is 296 g/mol. The van der Waals surface area contributed by atoms with Crippen molar-refractivity contribution in [1.82, 2.24) is 0 Å². The Morgan fingerprint density at radius 1 is 1.44 bits per heavy atom. The van der Waals surface area contributed by atoms with Crippen molar-refractivity contribution in [3.63, 3.8) is 0 Å². The molecular weight excluding hydrogens is 288 g/mol. The molecule has 0 unspecified atom stereocenters. The van der Waals surface area contributed by atoms with Crippen molar-refractivity contribution >= 4 is 43.3 Å². The van der Waals surface area contributed by atoms with E-state index in [4.69, 9.17) is 0 Å². The fourth-order valence-corrected chi connectivity index (χ4v) is 3.78. The third kappa shape index (κ3) is 1.48. The molecule has 1 aliphatic carbocycles. The summed E-state index contributed by atoms with van der Waals surface area (Å²) in [4.78, 5) is 11.7. The number of carboxylic acids is 1. The molecule has 16 heavy (non-hydrogen) atoms. The van der Waals surface area contributed by atoms with Crippen LogP contribution in [0.25, 0.3) is 10.1 Å². The maximum Gasteiger partial charge on any atom is 0.346 e. The lowest BCUT2D eigenvalue weighted by molar-refractivity contribution is 0.0701. The van der Waals surface area contributed by atoms with Crippen LogP contribution in [0, 0.1) is 0 Å². The van der Waals surface area contributed by atoms with Crippen LogP contribution in [0.2, 0.25) is 0 Å². The highest BCUT2D eigenvalue weighted by Gasteiger charge is 2.32. The molecule has 1 fully saturated rings. The second-order valence-electron chi connectivity index (χ2n) is 4.04. The lowest BCUT2D eigenvalue weighted by atomic mass is 10.1. The van der Waals surface area contributed by atoms with Gasteiger partial charge >= 0.3 is 5.97 Å². The van der Waals surface area contributed by atoms with Gasteiger partial charge in [0.25, 0.3) is 0 Å². The first-order valence-corrected chi connectivity index (χ1v) is 6.73. The number of halogens is 1. The first kappa shape index (κ1) is 10.3. The molecule has 3 rings (SSSR count). The van der Waals surface area contributed by atoms with E-state index in [2.05, 4.69) is 15.9 Å². The molecule has 1 aromatic heterocycles. The molecular formula is C12H9BrO2S. The molecule has 0 spiro atoms. The molecule has 1 saturated carbocycles. The van der Waals surface area contributed by atoms with Crippen molar-refractivity contribution in [3.05, 3.63) is 33.1 Å². The fraction of sp³-hybridized carbons (Fsp3) is 0.250. The molecule has 4 heteroatoms. The molecule has 1 aromatic carbocycles. The van der Waals surface area contributed by atoms with Gasteiger partial charge in [0, 0.05) is 9.17 Å². The number of aromatic carboxylic acids is 1. The van der Waals surface area contributed by atoms with E-state index < -0.39 is 5.97 Å². The van der Waals surface area contributed by atoms with Crippen LogP contribution in [0.15, 0.2) is 22.7 Å². The van der Waals surface area contributed by atoms with E-state index in [9.17, 15) is 9.90 Å². The first-order chi connectivity index (χ1) is 7.68. The molecule has 82 valence electrons. The molecule has 0 aliphatic heterocycles. The van der Waals surface area contributed by atoms with Gasteiger partial charge in [-0.05, 0) is 51.7 Å². The van der Waals surface area contributed by atoms with Crippen molar-refractivity contribution in [2.45, 2.75) is 18.8 Å². The van der Waals surface area contributed by atoms with Crippen LogP contribution in [-0.4, -0.2) is 11.1 Å². The molecule has 0 saturated heterocycles. The predicted octanol–water partition coefficient (Wildman–Crippen LogP) is 4.24. The Balaban J connectivity index is 2.37. The summed E-state index contributed by atoms with van der Waals surface area (Å²) in [7, 11) is 0. The number of carboxylic acid groups (broad SMARTS) is 1. The minimum Gasteiger partial charge on any atom is -0.477 e. The third-order valence-electron chi connectivity index (χ3n) is 2.89. The highest BCUT2D eigenvalue weighted by Crippen LogP contribution is 2.49. The van der Waals surface area contributed by atoms with E-state index in [0.717, 1.165) is 33.0 Å². The van der Waals surface area contributed by atoms with Gasteiger partial charge in [0.1, 0.15) is 4.88 Å². The zero-order valence-corrected chi connectivity index (χ0v) is 10.8. The number of carbonyl (C=O) groups is 1. The Labute approximate surface area is 105 Å². The first-order valence-electron chi connectivity index (χ1n) is 5.12. The van der Waals surface area contributed by atoms with E-state index in [-0.39, 0.29) is 0 Å². The third-order valence-corrected chi connectivity index (χ3v) is 5.05. The van der Waals surface area contributed by atoms with Crippen molar-refractivity contribution in [3.8, 4) is 0 Å². The normalized spacial score (nSPS) is 15.6.